The molecule has 0 unspecified atom stereocenters. The van der Waals surface area contributed by atoms with Crippen LogP contribution in [0, 0.1) is 10.1 Å². The monoisotopic (exact) mass is 347 g/mol. The maximum absolute atomic E-state index is 11.1. The fourth-order valence-corrected chi connectivity index (χ4v) is 3.40. The smallest absolute Gasteiger partial charge is 0.273 e. The van der Waals surface area contributed by atoms with Crippen LogP contribution in [0.4, 0.5) is 5.69 Å². The van der Waals surface area contributed by atoms with Crippen molar-refractivity contribution in [3.8, 4) is 0 Å². The topological polar surface area (TPSA) is 117 Å². The van der Waals surface area contributed by atoms with E-state index in [1.807, 2.05) is 4.57 Å². The summed E-state index contributed by atoms with van der Waals surface area (Å²) in [6, 6.07) is 6.64. The zero-order valence-corrected chi connectivity index (χ0v) is 13.7. The first-order chi connectivity index (χ1) is 11.6. The summed E-state index contributed by atoms with van der Waals surface area (Å²) >= 11 is 1.38. The van der Waals surface area contributed by atoms with Gasteiger partial charge < -0.3 is 10.3 Å². The van der Waals surface area contributed by atoms with Gasteiger partial charge in [-0.2, -0.15) is 0 Å². The zero-order chi connectivity index (χ0) is 17.1. The van der Waals surface area contributed by atoms with Gasteiger partial charge in [-0.3, -0.25) is 14.9 Å². The SMILES string of the molecule is NC(=O)CCn1c(SCc2ccccc2[N+](=O)[O-])nnc1C1CC1. The second-order valence-electron chi connectivity index (χ2n) is 5.66. The third kappa shape index (κ3) is 3.73. The molecule has 1 aromatic carbocycles. The number of carbonyl (C=O) groups excluding carboxylic acids is 1. The first-order valence-corrected chi connectivity index (χ1v) is 8.61. The predicted molar refractivity (Wildman–Crippen MR) is 88.5 cm³/mol. The Morgan fingerprint density at radius 3 is 2.79 bits per heavy atom. The molecular weight excluding hydrogens is 330 g/mol. The number of primary amides is 1. The van der Waals surface area contributed by atoms with Crippen LogP contribution in [0.25, 0.3) is 0 Å². The maximum Gasteiger partial charge on any atom is 0.273 e. The lowest BCUT2D eigenvalue weighted by molar-refractivity contribution is -0.385. The van der Waals surface area contributed by atoms with Gasteiger partial charge in [0.25, 0.3) is 5.69 Å². The van der Waals surface area contributed by atoms with Crippen molar-refractivity contribution in [2.45, 2.75) is 42.6 Å². The van der Waals surface area contributed by atoms with Crippen molar-refractivity contribution < 1.29 is 9.72 Å². The van der Waals surface area contributed by atoms with E-state index in [1.54, 1.807) is 18.2 Å². The molecule has 0 aliphatic heterocycles. The highest BCUT2D eigenvalue weighted by molar-refractivity contribution is 7.98. The molecule has 1 fully saturated rings. The summed E-state index contributed by atoms with van der Waals surface area (Å²) in [5.74, 6) is 1.31. The standard InChI is InChI=1S/C15H17N5O3S/c16-13(21)7-8-19-14(10-5-6-10)17-18-15(19)24-9-11-3-1-2-4-12(11)20(22)23/h1-4,10H,5-9H2,(H2,16,21). The Kier molecular flexibility index (Phi) is 4.79. The number of amides is 1. The van der Waals surface area contributed by atoms with Crippen LogP contribution in [-0.4, -0.2) is 25.6 Å². The summed E-state index contributed by atoms with van der Waals surface area (Å²) in [6.45, 7) is 0.438. The Morgan fingerprint density at radius 1 is 1.38 bits per heavy atom. The van der Waals surface area contributed by atoms with Gasteiger partial charge in [-0.1, -0.05) is 30.0 Å². The fraction of sp³-hybridized carbons (Fsp3) is 0.400. The molecule has 1 saturated carbocycles. The number of hydrogen-bond donors (Lipinski definition) is 1. The van der Waals surface area contributed by atoms with Crippen molar-refractivity contribution in [1.82, 2.24) is 14.8 Å². The van der Waals surface area contributed by atoms with E-state index in [4.69, 9.17) is 5.73 Å². The van der Waals surface area contributed by atoms with Gasteiger partial charge in [0, 0.05) is 36.3 Å². The van der Waals surface area contributed by atoms with Gasteiger partial charge in [-0.05, 0) is 12.8 Å². The van der Waals surface area contributed by atoms with Crippen LogP contribution in [0.5, 0.6) is 0 Å². The normalized spacial score (nSPS) is 13.8. The second kappa shape index (κ2) is 7.00. The summed E-state index contributed by atoms with van der Waals surface area (Å²) in [4.78, 5) is 21.8. The van der Waals surface area contributed by atoms with Gasteiger partial charge in [0.2, 0.25) is 5.91 Å². The second-order valence-corrected chi connectivity index (χ2v) is 6.60. The highest BCUT2D eigenvalue weighted by atomic mass is 32.2. The minimum atomic E-state index is -0.386. The number of thioether (sulfide) groups is 1. The molecule has 1 aromatic heterocycles. The van der Waals surface area contributed by atoms with Crippen molar-refractivity contribution in [3.05, 3.63) is 45.8 Å². The van der Waals surface area contributed by atoms with Crippen molar-refractivity contribution in [3.63, 3.8) is 0 Å². The van der Waals surface area contributed by atoms with E-state index in [0.717, 1.165) is 18.7 Å². The summed E-state index contributed by atoms with van der Waals surface area (Å²) in [5.41, 5.74) is 5.97. The summed E-state index contributed by atoms with van der Waals surface area (Å²) in [6.07, 6.45) is 2.36. The van der Waals surface area contributed by atoms with Crippen LogP contribution in [0.1, 0.15) is 36.6 Å². The number of carbonyl (C=O) groups is 1. The fourth-order valence-electron chi connectivity index (χ4n) is 2.44. The third-order valence-electron chi connectivity index (χ3n) is 3.81. The van der Waals surface area contributed by atoms with E-state index in [9.17, 15) is 14.9 Å². The van der Waals surface area contributed by atoms with Crippen LogP contribution in [0.3, 0.4) is 0 Å². The molecule has 0 spiro atoms. The van der Waals surface area contributed by atoms with E-state index in [0.29, 0.717) is 28.9 Å². The van der Waals surface area contributed by atoms with Crippen LogP contribution in [0.15, 0.2) is 29.4 Å². The average Bonchev–Trinajstić information content (AvgIpc) is 3.32. The molecule has 0 saturated heterocycles. The molecule has 1 aliphatic carbocycles. The minimum absolute atomic E-state index is 0.0932. The van der Waals surface area contributed by atoms with Gasteiger partial charge >= 0.3 is 0 Å². The number of benzene rings is 1. The van der Waals surface area contributed by atoms with E-state index in [2.05, 4.69) is 10.2 Å². The number of nitrogens with zero attached hydrogens (tertiary/aromatic N) is 4. The minimum Gasteiger partial charge on any atom is -0.370 e. The van der Waals surface area contributed by atoms with Crippen LogP contribution >= 0.6 is 11.8 Å². The van der Waals surface area contributed by atoms with Crippen molar-refractivity contribution in [2.24, 2.45) is 5.73 Å². The summed E-state index contributed by atoms with van der Waals surface area (Å²) < 4.78 is 1.92. The molecular formula is C15H17N5O3S. The Balaban J connectivity index is 1.77. The molecule has 24 heavy (non-hydrogen) atoms. The molecule has 0 bridgehead atoms. The average molecular weight is 347 g/mol. The van der Waals surface area contributed by atoms with Crippen molar-refractivity contribution in [2.75, 3.05) is 0 Å². The Hall–Kier alpha value is -2.42. The molecule has 1 amide bonds. The number of nitro benzene ring substituents is 1. The number of hydrogen-bond acceptors (Lipinski definition) is 6. The summed E-state index contributed by atoms with van der Waals surface area (Å²) in [5, 5.41) is 20.2. The lowest BCUT2D eigenvalue weighted by Crippen LogP contribution is -2.15. The van der Waals surface area contributed by atoms with Gasteiger partial charge in [0.05, 0.1) is 4.92 Å². The largest absolute Gasteiger partial charge is 0.370 e. The number of aromatic nitrogens is 3. The highest BCUT2D eigenvalue weighted by Crippen LogP contribution is 2.40. The van der Waals surface area contributed by atoms with E-state index < -0.39 is 0 Å². The quantitative estimate of drug-likeness (QED) is 0.444. The first-order valence-electron chi connectivity index (χ1n) is 7.62. The van der Waals surface area contributed by atoms with Gasteiger partial charge in [-0.25, -0.2) is 0 Å². The zero-order valence-electron chi connectivity index (χ0n) is 12.9. The van der Waals surface area contributed by atoms with E-state index in [-0.39, 0.29) is 22.9 Å². The molecule has 2 N–H and O–H groups in total. The van der Waals surface area contributed by atoms with Crippen molar-refractivity contribution >= 4 is 23.4 Å². The van der Waals surface area contributed by atoms with E-state index in [1.165, 1.54) is 17.8 Å². The molecule has 3 rings (SSSR count). The van der Waals surface area contributed by atoms with Gasteiger partial charge in [0.15, 0.2) is 5.16 Å². The van der Waals surface area contributed by atoms with E-state index >= 15 is 0 Å². The molecule has 0 atom stereocenters. The number of para-hydroxylation sites is 1. The number of nitrogens with two attached hydrogens (primary N) is 1. The molecule has 9 heteroatoms. The summed E-state index contributed by atoms with van der Waals surface area (Å²) in [7, 11) is 0. The molecule has 8 nitrogen and oxygen atoms in total. The number of nitro groups is 1. The molecule has 0 radical (unpaired) electrons. The van der Waals surface area contributed by atoms with Crippen LogP contribution in [-0.2, 0) is 17.1 Å². The van der Waals surface area contributed by atoms with Crippen molar-refractivity contribution in [1.29, 1.82) is 0 Å². The van der Waals surface area contributed by atoms with Crippen LogP contribution in [0.2, 0.25) is 0 Å². The Bertz CT molecular complexity index is 772. The molecule has 2 aromatic rings. The molecule has 1 heterocycles. The Morgan fingerprint density at radius 2 is 2.12 bits per heavy atom. The Labute approximate surface area is 142 Å². The maximum atomic E-state index is 11.1. The highest BCUT2D eigenvalue weighted by Gasteiger charge is 2.30. The third-order valence-corrected chi connectivity index (χ3v) is 4.83. The molecule has 126 valence electrons. The number of rotatable bonds is 8. The van der Waals surface area contributed by atoms with Gasteiger partial charge in [0.1, 0.15) is 5.82 Å². The lowest BCUT2D eigenvalue weighted by Gasteiger charge is -2.08. The molecule has 1 aliphatic rings. The van der Waals surface area contributed by atoms with Gasteiger partial charge in [-0.15, -0.1) is 10.2 Å². The lowest BCUT2D eigenvalue weighted by atomic mass is 10.2. The van der Waals surface area contributed by atoms with Crippen LogP contribution < -0.4 is 5.73 Å². The predicted octanol–water partition coefficient (Wildman–Crippen LogP) is 2.23. The first kappa shape index (κ1) is 16.4.